The highest BCUT2D eigenvalue weighted by Gasteiger charge is 2.31. The minimum atomic E-state index is -2.98. The second-order valence-corrected chi connectivity index (χ2v) is 8.08. The van der Waals surface area contributed by atoms with E-state index < -0.39 is 9.84 Å². The fraction of sp³-hybridized carbons (Fsp3) is 0.714. The van der Waals surface area contributed by atoms with Crippen LogP contribution < -0.4 is 5.32 Å². The standard InChI is InChI=1S/C14H23N3O3S/c1-4-5-10(2)14(18)15-13-8-11(3)16-17(13)12-6-7-21(19,20)9-12/h8,10,12H,4-7,9H2,1-3H3,(H,15,18). The van der Waals surface area contributed by atoms with Gasteiger partial charge in [0.15, 0.2) is 9.84 Å². The molecular formula is C14H23N3O3S. The van der Waals surface area contributed by atoms with Crippen molar-refractivity contribution >= 4 is 21.6 Å². The Hall–Kier alpha value is -1.37. The molecule has 1 amide bonds. The zero-order chi connectivity index (χ0) is 15.6. The minimum Gasteiger partial charge on any atom is -0.311 e. The second kappa shape index (κ2) is 6.17. The molecule has 1 fully saturated rings. The van der Waals surface area contributed by atoms with Crippen LogP contribution in [0.2, 0.25) is 0 Å². The number of sulfone groups is 1. The lowest BCUT2D eigenvalue weighted by atomic mass is 10.1. The van der Waals surface area contributed by atoms with Gasteiger partial charge in [-0.25, -0.2) is 13.1 Å². The predicted octanol–water partition coefficient (Wildman–Crippen LogP) is 1.93. The topological polar surface area (TPSA) is 81.1 Å². The number of nitrogens with zero attached hydrogens (tertiary/aromatic N) is 2. The van der Waals surface area contributed by atoms with E-state index in [1.54, 1.807) is 10.7 Å². The highest BCUT2D eigenvalue weighted by molar-refractivity contribution is 7.91. The summed E-state index contributed by atoms with van der Waals surface area (Å²) in [6, 6.07) is 1.61. The van der Waals surface area contributed by atoms with Gasteiger partial charge in [-0.3, -0.25) is 4.79 Å². The van der Waals surface area contributed by atoms with Crippen molar-refractivity contribution in [3.05, 3.63) is 11.8 Å². The lowest BCUT2D eigenvalue weighted by molar-refractivity contribution is -0.119. The average molecular weight is 313 g/mol. The lowest BCUT2D eigenvalue weighted by Gasteiger charge is -2.15. The first kappa shape index (κ1) is 16.0. The summed E-state index contributed by atoms with van der Waals surface area (Å²) < 4.78 is 24.9. The van der Waals surface area contributed by atoms with Gasteiger partial charge in [0.05, 0.1) is 23.2 Å². The monoisotopic (exact) mass is 313 g/mol. The van der Waals surface area contributed by atoms with E-state index in [-0.39, 0.29) is 29.4 Å². The molecule has 0 aromatic carbocycles. The van der Waals surface area contributed by atoms with E-state index in [0.717, 1.165) is 18.5 Å². The Morgan fingerprint density at radius 1 is 1.57 bits per heavy atom. The number of carbonyl (C=O) groups excluding carboxylic acids is 1. The molecule has 1 aliphatic rings. The number of amides is 1. The first-order valence-corrected chi connectivity index (χ1v) is 9.22. The zero-order valence-corrected chi connectivity index (χ0v) is 13.6. The molecule has 2 rings (SSSR count). The quantitative estimate of drug-likeness (QED) is 0.900. The molecule has 2 unspecified atom stereocenters. The summed E-state index contributed by atoms with van der Waals surface area (Å²) >= 11 is 0. The molecule has 118 valence electrons. The molecule has 21 heavy (non-hydrogen) atoms. The number of nitrogens with one attached hydrogen (secondary N) is 1. The molecule has 2 atom stereocenters. The maximum absolute atomic E-state index is 12.1. The molecular weight excluding hydrogens is 290 g/mol. The van der Waals surface area contributed by atoms with Gasteiger partial charge < -0.3 is 5.32 Å². The van der Waals surface area contributed by atoms with Gasteiger partial charge in [0.1, 0.15) is 5.82 Å². The van der Waals surface area contributed by atoms with Gasteiger partial charge >= 0.3 is 0 Å². The van der Waals surface area contributed by atoms with Gasteiger partial charge in [-0.2, -0.15) is 5.10 Å². The molecule has 0 aliphatic carbocycles. The Balaban J connectivity index is 2.16. The molecule has 1 aliphatic heterocycles. The van der Waals surface area contributed by atoms with Crippen molar-refractivity contribution in [2.75, 3.05) is 16.8 Å². The highest BCUT2D eigenvalue weighted by atomic mass is 32.2. The highest BCUT2D eigenvalue weighted by Crippen LogP contribution is 2.27. The average Bonchev–Trinajstić information content (AvgIpc) is 2.92. The van der Waals surface area contributed by atoms with Gasteiger partial charge in [-0.1, -0.05) is 20.3 Å². The number of rotatable bonds is 5. The van der Waals surface area contributed by atoms with Gasteiger partial charge in [-0.05, 0) is 19.8 Å². The van der Waals surface area contributed by atoms with E-state index in [4.69, 9.17) is 0 Å². The van der Waals surface area contributed by atoms with Gasteiger partial charge in [0.2, 0.25) is 5.91 Å². The van der Waals surface area contributed by atoms with Crippen molar-refractivity contribution in [1.82, 2.24) is 9.78 Å². The van der Waals surface area contributed by atoms with Crippen molar-refractivity contribution in [1.29, 1.82) is 0 Å². The van der Waals surface area contributed by atoms with E-state index in [1.165, 1.54) is 0 Å². The SMILES string of the molecule is CCCC(C)C(=O)Nc1cc(C)nn1C1CCS(=O)(=O)C1. The largest absolute Gasteiger partial charge is 0.311 e. The number of anilines is 1. The van der Waals surface area contributed by atoms with E-state index >= 15 is 0 Å². The van der Waals surface area contributed by atoms with Crippen LogP contribution in [0.25, 0.3) is 0 Å². The Bertz CT molecular complexity index is 621. The van der Waals surface area contributed by atoms with Crippen LogP contribution in [0.15, 0.2) is 6.07 Å². The zero-order valence-electron chi connectivity index (χ0n) is 12.8. The Morgan fingerprint density at radius 3 is 2.86 bits per heavy atom. The maximum atomic E-state index is 12.1. The normalized spacial score (nSPS) is 22.1. The fourth-order valence-electron chi connectivity index (χ4n) is 2.67. The number of hydrogen-bond donors (Lipinski definition) is 1. The van der Waals surface area contributed by atoms with Crippen molar-refractivity contribution in [3.8, 4) is 0 Å². The molecule has 0 radical (unpaired) electrons. The number of aryl methyl sites for hydroxylation is 1. The third-order valence-corrected chi connectivity index (χ3v) is 5.58. The fourth-order valence-corrected chi connectivity index (χ4v) is 4.36. The number of aromatic nitrogens is 2. The minimum absolute atomic E-state index is 0.0427. The van der Waals surface area contributed by atoms with Crippen LogP contribution in [0.5, 0.6) is 0 Å². The molecule has 2 heterocycles. The van der Waals surface area contributed by atoms with Crippen molar-refractivity contribution in [2.24, 2.45) is 5.92 Å². The third-order valence-electron chi connectivity index (χ3n) is 3.83. The van der Waals surface area contributed by atoms with Crippen LogP contribution >= 0.6 is 0 Å². The first-order chi connectivity index (χ1) is 9.82. The second-order valence-electron chi connectivity index (χ2n) is 5.85. The molecule has 0 spiro atoms. The van der Waals surface area contributed by atoms with Crippen LogP contribution in [-0.4, -0.2) is 35.6 Å². The summed E-state index contributed by atoms with van der Waals surface area (Å²) in [5.41, 5.74) is 0.776. The summed E-state index contributed by atoms with van der Waals surface area (Å²) in [4.78, 5) is 12.1. The molecule has 0 saturated carbocycles. The number of carbonyl (C=O) groups is 1. The molecule has 1 aromatic rings. The van der Waals surface area contributed by atoms with E-state index in [9.17, 15) is 13.2 Å². The van der Waals surface area contributed by atoms with Crippen LogP contribution in [0.1, 0.15) is 44.8 Å². The molecule has 1 saturated heterocycles. The summed E-state index contributed by atoms with van der Waals surface area (Å²) in [7, 11) is -2.98. The van der Waals surface area contributed by atoms with Gasteiger partial charge in [0.25, 0.3) is 0 Å². The lowest BCUT2D eigenvalue weighted by Crippen LogP contribution is -2.24. The molecule has 0 bridgehead atoms. The Labute approximate surface area is 125 Å². The molecule has 6 nitrogen and oxygen atoms in total. The molecule has 1 aromatic heterocycles. The summed E-state index contributed by atoms with van der Waals surface area (Å²) in [5, 5.41) is 7.24. The first-order valence-electron chi connectivity index (χ1n) is 7.40. The summed E-state index contributed by atoms with van der Waals surface area (Å²) in [6.45, 7) is 5.78. The van der Waals surface area contributed by atoms with E-state index in [0.29, 0.717) is 12.2 Å². The van der Waals surface area contributed by atoms with Crippen molar-refractivity contribution < 1.29 is 13.2 Å². The van der Waals surface area contributed by atoms with Crippen LogP contribution in [0.4, 0.5) is 5.82 Å². The number of hydrogen-bond acceptors (Lipinski definition) is 4. The van der Waals surface area contributed by atoms with E-state index in [1.807, 2.05) is 20.8 Å². The molecule has 7 heteroatoms. The van der Waals surface area contributed by atoms with Gasteiger partial charge in [0, 0.05) is 12.0 Å². The van der Waals surface area contributed by atoms with Crippen molar-refractivity contribution in [3.63, 3.8) is 0 Å². The third kappa shape index (κ3) is 3.84. The summed E-state index contributed by atoms with van der Waals surface area (Å²) in [5.74, 6) is 0.782. The maximum Gasteiger partial charge on any atom is 0.228 e. The molecule has 1 N–H and O–H groups in total. The predicted molar refractivity (Wildman–Crippen MR) is 82.0 cm³/mol. The van der Waals surface area contributed by atoms with Crippen LogP contribution in [-0.2, 0) is 14.6 Å². The Morgan fingerprint density at radius 2 is 2.29 bits per heavy atom. The van der Waals surface area contributed by atoms with E-state index in [2.05, 4.69) is 10.4 Å². The smallest absolute Gasteiger partial charge is 0.228 e. The van der Waals surface area contributed by atoms with Gasteiger partial charge in [-0.15, -0.1) is 0 Å². The van der Waals surface area contributed by atoms with Crippen LogP contribution in [0, 0.1) is 12.8 Å². The Kier molecular flexibility index (Phi) is 4.70. The van der Waals surface area contributed by atoms with Crippen LogP contribution in [0.3, 0.4) is 0 Å². The summed E-state index contributed by atoms with van der Waals surface area (Å²) in [6.07, 6.45) is 2.33. The van der Waals surface area contributed by atoms with Crippen molar-refractivity contribution in [2.45, 2.75) is 46.1 Å².